The maximum absolute atomic E-state index is 12.2. The Morgan fingerprint density at radius 1 is 1.00 bits per heavy atom. The molecule has 2 saturated heterocycles. The van der Waals surface area contributed by atoms with E-state index in [1.807, 2.05) is 25.7 Å². The van der Waals surface area contributed by atoms with Crippen LogP contribution in [0, 0.1) is 11.8 Å². The smallest absolute Gasteiger partial charge is 0.306 e. The molecule has 0 bridgehead atoms. The monoisotopic (exact) mass is 325 g/mol. The minimum atomic E-state index is -0.484. The van der Waals surface area contributed by atoms with E-state index in [-0.39, 0.29) is 24.7 Å². The predicted octanol–water partition coefficient (Wildman–Crippen LogP) is 2.77. The summed E-state index contributed by atoms with van der Waals surface area (Å²) in [6.45, 7) is 8.96. The van der Waals surface area contributed by atoms with Crippen molar-refractivity contribution in [2.75, 3.05) is 26.3 Å². The summed E-state index contributed by atoms with van der Waals surface area (Å²) in [6, 6.07) is 0. The van der Waals surface area contributed by atoms with Gasteiger partial charge in [-0.15, -0.1) is 0 Å². The molecule has 2 heterocycles. The number of esters is 1. The third-order valence-electron chi connectivity index (χ3n) is 4.79. The molecule has 2 aliphatic rings. The van der Waals surface area contributed by atoms with Crippen molar-refractivity contribution < 1.29 is 19.1 Å². The molecule has 0 aromatic rings. The lowest BCUT2D eigenvalue weighted by Gasteiger charge is -2.37. The molecule has 0 aromatic carbocycles. The van der Waals surface area contributed by atoms with E-state index in [4.69, 9.17) is 9.47 Å². The van der Waals surface area contributed by atoms with E-state index < -0.39 is 5.60 Å². The molecule has 0 spiro atoms. The molecule has 0 atom stereocenters. The lowest BCUT2D eigenvalue weighted by atomic mass is 9.80. The number of likely N-dealkylation sites (tertiary alicyclic amines) is 1. The number of ether oxygens (including phenoxy) is 2. The molecule has 5 nitrogen and oxygen atoms in total. The second kappa shape index (κ2) is 8.13. The maximum atomic E-state index is 12.2. The fraction of sp³-hybridized carbons (Fsp3) is 0.889. The highest BCUT2D eigenvalue weighted by atomic mass is 16.6. The van der Waals surface area contributed by atoms with Gasteiger partial charge in [-0.2, -0.15) is 0 Å². The van der Waals surface area contributed by atoms with Gasteiger partial charge in [0.1, 0.15) is 5.60 Å². The number of hydrogen-bond acceptors (Lipinski definition) is 4. The van der Waals surface area contributed by atoms with Gasteiger partial charge in [0.25, 0.3) is 0 Å². The van der Waals surface area contributed by atoms with Crippen LogP contribution in [0.2, 0.25) is 0 Å². The molecule has 5 heteroatoms. The van der Waals surface area contributed by atoms with Crippen LogP contribution in [-0.2, 0) is 19.1 Å². The Bertz CT molecular complexity index is 402. The molecule has 0 aromatic heterocycles. The van der Waals surface area contributed by atoms with Crippen LogP contribution in [0.25, 0.3) is 0 Å². The maximum Gasteiger partial charge on any atom is 0.306 e. The molecule has 0 N–H and O–H groups in total. The topological polar surface area (TPSA) is 55.8 Å². The van der Waals surface area contributed by atoms with Crippen molar-refractivity contribution in [1.29, 1.82) is 0 Å². The van der Waals surface area contributed by atoms with Gasteiger partial charge in [-0.25, -0.2) is 0 Å². The summed E-state index contributed by atoms with van der Waals surface area (Å²) in [5, 5.41) is 0. The summed E-state index contributed by atoms with van der Waals surface area (Å²) in [5.74, 6) is 1.29. The summed E-state index contributed by atoms with van der Waals surface area (Å²) in [4.78, 5) is 25.9. The predicted molar refractivity (Wildman–Crippen MR) is 87.9 cm³/mol. The second-order valence-corrected chi connectivity index (χ2v) is 7.75. The standard InChI is InChI=1S/C18H31NO4/c1-18(2,3)23-17(21)5-4-16(20)19-10-6-14(7-11-19)15-8-12-22-13-9-15/h14-15H,4-13H2,1-3H3. The summed E-state index contributed by atoms with van der Waals surface area (Å²) >= 11 is 0. The van der Waals surface area contributed by atoms with Crippen LogP contribution in [0.3, 0.4) is 0 Å². The van der Waals surface area contributed by atoms with Gasteiger partial charge in [-0.1, -0.05) is 0 Å². The van der Waals surface area contributed by atoms with Crippen LogP contribution < -0.4 is 0 Å². The second-order valence-electron chi connectivity index (χ2n) is 7.75. The third kappa shape index (κ3) is 6.13. The van der Waals surface area contributed by atoms with Gasteiger partial charge in [0.05, 0.1) is 6.42 Å². The number of piperidine rings is 1. The van der Waals surface area contributed by atoms with Crippen LogP contribution in [0.1, 0.15) is 59.3 Å². The molecule has 23 heavy (non-hydrogen) atoms. The van der Waals surface area contributed by atoms with Crippen LogP contribution in [-0.4, -0.2) is 48.7 Å². The van der Waals surface area contributed by atoms with Crippen molar-refractivity contribution in [1.82, 2.24) is 4.90 Å². The number of hydrogen-bond donors (Lipinski definition) is 0. The number of carbonyl (C=O) groups is 2. The van der Waals surface area contributed by atoms with Crippen molar-refractivity contribution >= 4 is 11.9 Å². The quantitative estimate of drug-likeness (QED) is 0.746. The molecule has 2 fully saturated rings. The van der Waals surface area contributed by atoms with Crippen molar-refractivity contribution in [3.63, 3.8) is 0 Å². The van der Waals surface area contributed by atoms with Crippen LogP contribution >= 0.6 is 0 Å². The Hall–Kier alpha value is -1.10. The first-order valence-corrected chi connectivity index (χ1v) is 8.92. The fourth-order valence-electron chi connectivity index (χ4n) is 3.57. The van der Waals surface area contributed by atoms with Gasteiger partial charge in [0.15, 0.2) is 0 Å². The van der Waals surface area contributed by atoms with E-state index in [1.165, 1.54) is 0 Å². The molecule has 0 radical (unpaired) electrons. The fourth-order valence-corrected chi connectivity index (χ4v) is 3.57. The first kappa shape index (κ1) is 18.2. The van der Waals surface area contributed by atoms with E-state index >= 15 is 0 Å². The van der Waals surface area contributed by atoms with Gasteiger partial charge in [0, 0.05) is 32.7 Å². The first-order chi connectivity index (χ1) is 10.8. The average molecular weight is 325 g/mol. The zero-order chi connectivity index (χ0) is 16.9. The lowest BCUT2D eigenvalue weighted by Crippen LogP contribution is -2.41. The highest BCUT2D eigenvalue weighted by molar-refractivity contribution is 5.81. The van der Waals surface area contributed by atoms with E-state index in [9.17, 15) is 9.59 Å². The highest BCUT2D eigenvalue weighted by Crippen LogP contribution is 2.31. The van der Waals surface area contributed by atoms with Crippen LogP contribution in [0.5, 0.6) is 0 Å². The summed E-state index contributed by atoms with van der Waals surface area (Å²) < 4.78 is 10.7. The van der Waals surface area contributed by atoms with Crippen molar-refractivity contribution in [3.05, 3.63) is 0 Å². The zero-order valence-electron chi connectivity index (χ0n) is 14.8. The summed E-state index contributed by atoms with van der Waals surface area (Å²) in [7, 11) is 0. The van der Waals surface area contributed by atoms with Gasteiger partial charge >= 0.3 is 5.97 Å². The molecule has 1 amide bonds. The number of carbonyl (C=O) groups excluding carboxylic acids is 2. The van der Waals surface area contributed by atoms with E-state index in [2.05, 4.69) is 0 Å². The Balaban J connectivity index is 1.68. The Morgan fingerprint density at radius 2 is 1.57 bits per heavy atom. The average Bonchev–Trinajstić information content (AvgIpc) is 2.52. The van der Waals surface area contributed by atoms with Crippen LogP contribution in [0.4, 0.5) is 0 Å². The third-order valence-corrected chi connectivity index (χ3v) is 4.79. The van der Waals surface area contributed by atoms with E-state index in [1.54, 1.807) is 0 Å². The van der Waals surface area contributed by atoms with E-state index in [0.717, 1.165) is 63.8 Å². The summed E-state index contributed by atoms with van der Waals surface area (Å²) in [6.07, 6.45) is 4.94. The molecule has 132 valence electrons. The van der Waals surface area contributed by atoms with Gasteiger partial charge in [-0.3, -0.25) is 9.59 Å². The highest BCUT2D eigenvalue weighted by Gasteiger charge is 2.29. The van der Waals surface area contributed by atoms with Crippen molar-refractivity contribution in [3.8, 4) is 0 Å². The lowest BCUT2D eigenvalue weighted by molar-refractivity contribution is -0.156. The van der Waals surface area contributed by atoms with Gasteiger partial charge in [-0.05, 0) is 58.3 Å². The number of nitrogens with zero attached hydrogens (tertiary/aromatic N) is 1. The minimum Gasteiger partial charge on any atom is -0.460 e. The van der Waals surface area contributed by atoms with Gasteiger partial charge < -0.3 is 14.4 Å². The van der Waals surface area contributed by atoms with Crippen LogP contribution in [0.15, 0.2) is 0 Å². The van der Waals surface area contributed by atoms with Gasteiger partial charge in [0.2, 0.25) is 5.91 Å². The van der Waals surface area contributed by atoms with Crippen molar-refractivity contribution in [2.45, 2.75) is 64.9 Å². The Morgan fingerprint density at radius 3 is 2.13 bits per heavy atom. The number of rotatable bonds is 4. The SMILES string of the molecule is CC(C)(C)OC(=O)CCC(=O)N1CCC(C2CCOCC2)CC1. The minimum absolute atomic E-state index is 0.0845. The summed E-state index contributed by atoms with van der Waals surface area (Å²) in [5.41, 5.74) is -0.484. The Kier molecular flexibility index (Phi) is 6.45. The van der Waals surface area contributed by atoms with Crippen molar-refractivity contribution in [2.24, 2.45) is 11.8 Å². The molecular formula is C18H31NO4. The molecule has 0 unspecified atom stereocenters. The largest absolute Gasteiger partial charge is 0.460 e. The zero-order valence-corrected chi connectivity index (χ0v) is 14.8. The molecular weight excluding hydrogens is 294 g/mol. The first-order valence-electron chi connectivity index (χ1n) is 8.92. The molecule has 2 aliphatic heterocycles. The molecule has 0 aliphatic carbocycles. The molecule has 2 rings (SSSR count). The molecule has 0 saturated carbocycles. The van der Waals surface area contributed by atoms with E-state index in [0.29, 0.717) is 0 Å². The Labute approximate surface area is 139 Å². The number of amides is 1. The normalized spacial score (nSPS) is 21.3.